The molecule has 14 N–H and O–H groups in total. The predicted octanol–water partition coefficient (Wildman–Crippen LogP) is 1.12. The van der Waals surface area contributed by atoms with Crippen molar-refractivity contribution in [3.05, 3.63) is 46.7 Å². The van der Waals surface area contributed by atoms with E-state index in [1.165, 1.54) is 0 Å². The number of rotatable bonds is 19. The number of ether oxygens (including phenoxy) is 3. The van der Waals surface area contributed by atoms with Crippen LogP contribution in [0, 0.1) is 28.1 Å². The summed E-state index contributed by atoms with van der Waals surface area (Å²) in [5, 5.41) is 141. The van der Waals surface area contributed by atoms with Gasteiger partial charge in [-0.3, -0.25) is 4.79 Å². The molecule has 0 spiro atoms. The number of allylic oxidation sites excluding steroid dienone is 1. The van der Waals surface area contributed by atoms with E-state index in [0.717, 1.165) is 5.57 Å². The summed E-state index contributed by atoms with van der Waals surface area (Å²) in [7, 11) is 0. The van der Waals surface area contributed by atoms with Gasteiger partial charge in [-0.05, 0) is 69.1 Å². The van der Waals surface area contributed by atoms with E-state index in [4.69, 9.17) is 24.4 Å². The molecule has 3 aliphatic carbocycles. The van der Waals surface area contributed by atoms with E-state index in [0.29, 0.717) is 51.4 Å². The molecule has 0 aromatic carbocycles. The summed E-state index contributed by atoms with van der Waals surface area (Å²) in [5.41, 5.74) is -1.46. The average molecular weight is 793 g/mol. The van der Waals surface area contributed by atoms with Crippen LogP contribution in [0.4, 0.5) is 0 Å². The third-order valence-electron chi connectivity index (χ3n) is 11.9. The molecular weight excluding hydrogens is 732 g/mol. The first-order chi connectivity index (χ1) is 25.7. The summed E-state index contributed by atoms with van der Waals surface area (Å²) in [4.78, 5) is 13.8. The van der Waals surface area contributed by atoms with Gasteiger partial charge in [-0.1, -0.05) is 25.5 Å². The summed E-state index contributed by atoms with van der Waals surface area (Å²) in [6.45, 7) is 6.07. The molecule has 0 saturated heterocycles. The fourth-order valence-electron chi connectivity index (χ4n) is 9.12. The third kappa shape index (κ3) is 10.0. The van der Waals surface area contributed by atoms with E-state index in [9.17, 15) is 66.1 Å². The summed E-state index contributed by atoms with van der Waals surface area (Å²) < 4.78 is 16.2. The lowest BCUT2D eigenvalue weighted by Crippen LogP contribution is -2.60. The molecular formula is C37H60O18. The molecule has 0 aliphatic heterocycles. The second kappa shape index (κ2) is 19.3. The second-order valence-corrected chi connectivity index (χ2v) is 15.5. The Morgan fingerprint density at radius 3 is 1.76 bits per heavy atom. The zero-order valence-electron chi connectivity index (χ0n) is 31.3. The third-order valence-corrected chi connectivity index (χ3v) is 11.9. The predicted molar refractivity (Wildman–Crippen MR) is 190 cm³/mol. The Hall–Kier alpha value is -3.17. The van der Waals surface area contributed by atoms with Crippen molar-refractivity contribution in [1.82, 2.24) is 0 Å². The van der Waals surface area contributed by atoms with Gasteiger partial charge in [0.1, 0.15) is 18.3 Å². The maximum atomic E-state index is 13.8. The molecule has 55 heavy (non-hydrogen) atoms. The number of hydrogen-bond acceptors (Lipinski definition) is 18. The molecule has 3 saturated carbocycles. The lowest BCUT2D eigenvalue weighted by molar-refractivity contribution is -0.213. The van der Waals surface area contributed by atoms with Crippen LogP contribution in [0.1, 0.15) is 84.5 Å². The number of aliphatic hydroxyl groups is 14. The van der Waals surface area contributed by atoms with Crippen LogP contribution < -0.4 is 0 Å². The highest BCUT2D eigenvalue weighted by Crippen LogP contribution is 2.68. The lowest BCUT2D eigenvalue weighted by Gasteiger charge is -2.64. The van der Waals surface area contributed by atoms with Gasteiger partial charge in [-0.25, -0.2) is 0 Å². The Bertz CT molecular complexity index is 1430. The molecule has 3 rings (SSSR count). The average Bonchev–Trinajstić information content (AvgIpc) is 3.14. The van der Waals surface area contributed by atoms with Crippen molar-refractivity contribution in [2.75, 3.05) is 26.4 Å². The summed E-state index contributed by atoms with van der Waals surface area (Å²) in [6.07, 6.45) is -9.19. The number of fused-ring (bicyclic) bond motifs is 3. The first-order valence-corrected chi connectivity index (χ1v) is 18.5. The van der Waals surface area contributed by atoms with Crippen LogP contribution in [-0.4, -0.2) is 141 Å². The van der Waals surface area contributed by atoms with E-state index in [-0.39, 0.29) is 24.9 Å². The smallest absolute Gasteiger partial charge is 0.314 e. The van der Waals surface area contributed by atoms with Crippen LogP contribution in [0.25, 0.3) is 0 Å². The summed E-state index contributed by atoms with van der Waals surface area (Å²) >= 11 is 0. The highest BCUT2D eigenvalue weighted by atomic mass is 16.7. The van der Waals surface area contributed by atoms with E-state index in [1.54, 1.807) is 6.92 Å². The van der Waals surface area contributed by atoms with Gasteiger partial charge in [0, 0.05) is 44.5 Å². The SMILES string of the molecule is C=C1CC[C@@H]2[C@](COC(O)/C(O)=C(/OC(O)/C(O)=C(/O)C(O)CCO)C(O)CCO)(CCC3[C@](C)(C(=O)OC(O)/C(O)=C(/O)C(O)CCO)CCC[C@]32C)C1. The normalized spacial score (nSPS) is 31.6. The van der Waals surface area contributed by atoms with Crippen molar-refractivity contribution < 1.29 is 90.5 Å². The molecule has 18 heteroatoms. The molecule has 7 unspecified atom stereocenters. The van der Waals surface area contributed by atoms with E-state index >= 15 is 0 Å². The minimum atomic E-state index is -2.48. The highest BCUT2D eigenvalue weighted by molar-refractivity contribution is 5.77. The Kier molecular flexibility index (Phi) is 16.2. The van der Waals surface area contributed by atoms with E-state index in [1.807, 2.05) is 0 Å². The van der Waals surface area contributed by atoms with Gasteiger partial charge in [0.15, 0.2) is 23.0 Å². The fraction of sp³-hybridized carbons (Fsp3) is 0.757. The molecule has 0 heterocycles. The Morgan fingerprint density at radius 2 is 1.22 bits per heavy atom. The van der Waals surface area contributed by atoms with E-state index in [2.05, 4.69) is 13.5 Å². The van der Waals surface area contributed by atoms with Gasteiger partial charge in [0.05, 0.1) is 12.0 Å². The maximum Gasteiger partial charge on any atom is 0.314 e. The van der Waals surface area contributed by atoms with Crippen LogP contribution in [0.5, 0.6) is 0 Å². The number of hydrogen-bond donors (Lipinski definition) is 14. The first kappa shape index (κ1) is 46.2. The van der Waals surface area contributed by atoms with Crippen molar-refractivity contribution in [2.45, 2.75) is 122 Å². The van der Waals surface area contributed by atoms with Crippen LogP contribution in [0.15, 0.2) is 46.7 Å². The second-order valence-electron chi connectivity index (χ2n) is 15.5. The molecule has 316 valence electrons. The maximum absolute atomic E-state index is 13.8. The van der Waals surface area contributed by atoms with Crippen molar-refractivity contribution >= 4 is 5.97 Å². The molecule has 3 aliphatic rings. The van der Waals surface area contributed by atoms with Crippen molar-refractivity contribution in [3.63, 3.8) is 0 Å². The first-order valence-electron chi connectivity index (χ1n) is 18.5. The number of carbonyl (C=O) groups excluding carboxylic acids is 1. The van der Waals surface area contributed by atoms with E-state index < -0.39 is 127 Å². The molecule has 0 aromatic rings. The Morgan fingerprint density at radius 1 is 0.691 bits per heavy atom. The van der Waals surface area contributed by atoms with Gasteiger partial charge in [-0.15, -0.1) is 0 Å². The number of aliphatic hydroxyl groups excluding tert-OH is 14. The highest BCUT2D eigenvalue weighted by Gasteiger charge is 2.63. The lowest BCUT2D eigenvalue weighted by atomic mass is 9.40. The van der Waals surface area contributed by atoms with Crippen LogP contribution >= 0.6 is 0 Å². The van der Waals surface area contributed by atoms with Crippen molar-refractivity contribution in [2.24, 2.45) is 28.1 Å². The largest absolute Gasteiger partial charge is 0.506 e. The van der Waals surface area contributed by atoms with Gasteiger partial charge in [0.25, 0.3) is 12.6 Å². The standard InChI is InChI=1S/C37H60O18/c1-19-5-6-24-35(2)11-4-12-36(3,34(52)55-33(51)28(47)26(45)21(42)9-15-39)23(35)7-13-37(24,17-19)18-53-31(49)29(48)30(22(43)10-16-40)54-32(50)27(46)25(44)20(41)8-14-38/h20-24,31-33,38-51H,1,4-18H2,2-3H3/b27-25-,28-26-,30-29-/t20?,21?,22?,23?,24-,31?,32?,33?,35+,36+,37+/m0/s1. The molecule has 18 nitrogen and oxygen atoms in total. The topological polar surface area (TPSA) is 328 Å². The van der Waals surface area contributed by atoms with Gasteiger partial charge < -0.3 is 85.7 Å². The quantitative estimate of drug-likeness (QED) is 0.0377. The summed E-state index contributed by atoms with van der Waals surface area (Å²) in [6, 6.07) is 0. The van der Waals surface area contributed by atoms with Gasteiger partial charge in [-0.2, -0.15) is 0 Å². The Labute approximate surface area is 319 Å². The zero-order chi connectivity index (χ0) is 41.5. The summed E-state index contributed by atoms with van der Waals surface area (Å²) in [5.74, 6) is -7.98. The van der Waals surface area contributed by atoms with Crippen LogP contribution in [0.3, 0.4) is 0 Å². The molecule has 3 fully saturated rings. The van der Waals surface area contributed by atoms with Crippen molar-refractivity contribution in [1.29, 1.82) is 0 Å². The molecule has 0 bridgehead atoms. The van der Waals surface area contributed by atoms with Crippen LogP contribution in [0.2, 0.25) is 0 Å². The molecule has 11 atom stereocenters. The minimum absolute atomic E-state index is 0.140. The fourth-order valence-corrected chi connectivity index (χ4v) is 9.12. The van der Waals surface area contributed by atoms with Gasteiger partial charge in [0.2, 0.25) is 17.8 Å². The Balaban J connectivity index is 1.89. The molecule has 0 aromatic heterocycles. The molecule has 0 radical (unpaired) electrons. The van der Waals surface area contributed by atoms with Gasteiger partial charge >= 0.3 is 5.97 Å². The molecule has 0 amide bonds. The number of carbonyl (C=O) groups is 1. The minimum Gasteiger partial charge on any atom is -0.506 e. The monoisotopic (exact) mass is 792 g/mol. The zero-order valence-corrected chi connectivity index (χ0v) is 31.3. The van der Waals surface area contributed by atoms with Crippen LogP contribution in [-0.2, 0) is 19.0 Å². The number of esters is 1. The van der Waals surface area contributed by atoms with Crippen molar-refractivity contribution in [3.8, 4) is 0 Å².